The van der Waals surface area contributed by atoms with Crippen LogP contribution in [-0.4, -0.2) is 32.7 Å². The molecule has 0 aliphatic heterocycles. The molecule has 0 saturated carbocycles. The van der Waals surface area contributed by atoms with E-state index in [0.29, 0.717) is 28.8 Å². The Labute approximate surface area is 144 Å². The third kappa shape index (κ3) is 4.48. The second-order valence-corrected chi connectivity index (χ2v) is 5.54. The standard InChI is InChI=1S/C18H18FN5O/c1-12(11-25)21-18-23-16(15-4-2-3-9-20-15)10-17(24-18)22-14-7-5-13(19)6-8-14/h2-10,12,25H,11H2,1H3,(H2,21,22,23,24)/t12-/m0/s1. The van der Waals surface area contributed by atoms with Gasteiger partial charge in [-0.15, -0.1) is 0 Å². The van der Waals surface area contributed by atoms with Crippen molar-refractivity contribution in [3.8, 4) is 11.4 Å². The lowest BCUT2D eigenvalue weighted by Crippen LogP contribution is -2.21. The molecule has 3 aromatic rings. The van der Waals surface area contributed by atoms with Gasteiger partial charge in [-0.2, -0.15) is 4.98 Å². The number of hydrogen-bond donors (Lipinski definition) is 3. The van der Waals surface area contributed by atoms with Crippen molar-refractivity contribution in [2.45, 2.75) is 13.0 Å². The van der Waals surface area contributed by atoms with Gasteiger partial charge in [0, 0.05) is 24.0 Å². The monoisotopic (exact) mass is 339 g/mol. The van der Waals surface area contributed by atoms with Crippen molar-refractivity contribution in [3.63, 3.8) is 0 Å². The fourth-order valence-electron chi connectivity index (χ4n) is 2.17. The topological polar surface area (TPSA) is 83.0 Å². The second kappa shape index (κ2) is 7.67. The van der Waals surface area contributed by atoms with E-state index in [9.17, 15) is 9.50 Å². The van der Waals surface area contributed by atoms with E-state index < -0.39 is 0 Å². The van der Waals surface area contributed by atoms with Gasteiger partial charge in [-0.3, -0.25) is 4.98 Å². The van der Waals surface area contributed by atoms with Crippen LogP contribution in [0.1, 0.15) is 6.92 Å². The van der Waals surface area contributed by atoms with Crippen molar-refractivity contribution >= 4 is 17.5 Å². The van der Waals surface area contributed by atoms with Gasteiger partial charge in [-0.05, 0) is 43.3 Å². The zero-order valence-electron chi connectivity index (χ0n) is 13.6. The SMILES string of the molecule is C[C@@H](CO)Nc1nc(Nc2ccc(F)cc2)cc(-c2ccccn2)n1. The number of nitrogens with zero attached hydrogens (tertiary/aromatic N) is 3. The fourth-order valence-corrected chi connectivity index (χ4v) is 2.17. The maximum absolute atomic E-state index is 13.1. The summed E-state index contributed by atoms with van der Waals surface area (Å²) in [5, 5.41) is 15.4. The molecule has 0 radical (unpaired) electrons. The molecule has 1 aromatic carbocycles. The van der Waals surface area contributed by atoms with Gasteiger partial charge in [0.1, 0.15) is 11.6 Å². The summed E-state index contributed by atoms with van der Waals surface area (Å²) in [6, 6.07) is 13.1. The van der Waals surface area contributed by atoms with Crippen molar-refractivity contribution in [2.24, 2.45) is 0 Å². The molecule has 3 N–H and O–H groups in total. The molecule has 25 heavy (non-hydrogen) atoms. The van der Waals surface area contributed by atoms with E-state index in [1.807, 2.05) is 25.1 Å². The molecule has 0 saturated heterocycles. The zero-order chi connectivity index (χ0) is 17.6. The van der Waals surface area contributed by atoms with Crippen LogP contribution >= 0.6 is 0 Å². The van der Waals surface area contributed by atoms with Crippen LogP contribution in [0.15, 0.2) is 54.7 Å². The number of anilines is 3. The summed E-state index contributed by atoms with van der Waals surface area (Å²) in [5.41, 5.74) is 2.04. The highest BCUT2D eigenvalue weighted by molar-refractivity contribution is 5.65. The molecule has 3 rings (SSSR count). The highest BCUT2D eigenvalue weighted by Gasteiger charge is 2.10. The first-order chi connectivity index (χ1) is 12.1. The van der Waals surface area contributed by atoms with Crippen molar-refractivity contribution in [1.29, 1.82) is 0 Å². The number of aromatic nitrogens is 3. The van der Waals surface area contributed by atoms with Crippen LogP contribution in [0, 0.1) is 5.82 Å². The largest absolute Gasteiger partial charge is 0.394 e. The van der Waals surface area contributed by atoms with Gasteiger partial charge in [0.15, 0.2) is 0 Å². The van der Waals surface area contributed by atoms with E-state index in [4.69, 9.17) is 0 Å². The molecule has 7 heteroatoms. The molecular weight excluding hydrogens is 321 g/mol. The minimum atomic E-state index is -0.304. The lowest BCUT2D eigenvalue weighted by atomic mass is 10.2. The molecule has 0 unspecified atom stereocenters. The molecule has 0 aliphatic carbocycles. The van der Waals surface area contributed by atoms with E-state index in [1.165, 1.54) is 12.1 Å². The van der Waals surface area contributed by atoms with Gasteiger partial charge in [0.2, 0.25) is 5.95 Å². The summed E-state index contributed by atoms with van der Waals surface area (Å²) in [6.07, 6.45) is 1.69. The number of aliphatic hydroxyl groups excluding tert-OH is 1. The first-order valence-corrected chi connectivity index (χ1v) is 7.84. The first kappa shape index (κ1) is 16.8. The van der Waals surface area contributed by atoms with Crippen LogP contribution in [0.5, 0.6) is 0 Å². The Morgan fingerprint density at radius 2 is 1.88 bits per heavy atom. The molecule has 1 atom stereocenters. The molecule has 0 fully saturated rings. The summed E-state index contributed by atoms with van der Waals surface area (Å²) in [4.78, 5) is 13.2. The van der Waals surface area contributed by atoms with Gasteiger partial charge in [-0.1, -0.05) is 6.07 Å². The molecule has 128 valence electrons. The maximum Gasteiger partial charge on any atom is 0.225 e. The smallest absolute Gasteiger partial charge is 0.225 e. The molecule has 6 nitrogen and oxygen atoms in total. The Balaban J connectivity index is 1.95. The van der Waals surface area contributed by atoms with Crippen LogP contribution in [0.3, 0.4) is 0 Å². The van der Waals surface area contributed by atoms with Crippen LogP contribution < -0.4 is 10.6 Å². The predicted octanol–water partition coefficient (Wildman–Crippen LogP) is 3.21. The van der Waals surface area contributed by atoms with Gasteiger partial charge < -0.3 is 15.7 Å². The van der Waals surface area contributed by atoms with Crippen molar-refractivity contribution in [3.05, 3.63) is 60.5 Å². The fraction of sp³-hybridized carbons (Fsp3) is 0.167. The lowest BCUT2D eigenvalue weighted by Gasteiger charge is -2.14. The number of pyridine rings is 1. The molecule has 0 amide bonds. The molecule has 0 aliphatic rings. The highest BCUT2D eigenvalue weighted by Crippen LogP contribution is 2.22. The second-order valence-electron chi connectivity index (χ2n) is 5.54. The molecule has 0 bridgehead atoms. The van der Waals surface area contributed by atoms with Crippen molar-refractivity contribution < 1.29 is 9.50 Å². The summed E-state index contributed by atoms with van der Waals surface area (Å²) >= 11 is 0. The normalized spacial score (nSPS) is 11.8. The lowest BCUT2D eigenvalue weighted by molar-refractivity contribution is 0.281. The van der Waals surface area contributed by atoms with Gasteiger partial charge in [0.05, 0.1) is 18.0 Å². The Morgan fingerprint density at radius 3 is 2.56 bits per heavy atom. The average Bonchev–Trinajstić information content (AvgIpc) is 2.64. The zero-order valence-corrected chi connectivity index (χ0v) is 13.6. The average molecular weight is 339 g/mol. The summed E-state index contributed by atoms with van der Waals surface area (Å²) in [5.74, 6) is 0.603. The van der Waals surface area contributed by atoms with Gasteiger partial charge in [0.25, 0.3) is 0 Å². The quantitative estimate of drug-likeness (QED) is 0.640. The van der Waals surface area contributed by atoms with E-state index in [1.54, 1.807) is 24.4 Å². The van der Waals surface area contributed by atoms with Gasteiger partial charge in [-0.25, -0.2) is 9.37 Å². The van der Waals surface area contributed by atoms with Crippen LogP contribution in [0.4, 0.5) is 21.8 Å². The molecule has 2 heterocycles. The number of aliphatic hydroxyl groups is 1. The number of halogens is 1. The number of hydrogen-bond acceptors (Lipinski definition) is 6. The molecule has 0 spiro atoms. The Kier molecular flexibility index (Phi) is 5.15. The number of benzene rings is 1. The van der Waals surface area contributed by atoms with Crippen LogP contribution in [0.2, 0.25) is 0 Å². The number of rotatable bonds is 6. The minimum absolute atomic E-state index is 0.0438. The van der Waals surface area contributed by atoms with E-state index in [2.05, 4.69) is 25.6 Å². The van der Waals surface area contributed by atoms with Crippen LogP contribution in [-0.2, 0) is 0 Å². The minimum Gasteiger partial charge on any atom is -0.394 e. The molecular formula is C18H18FN5O. The van der Waals surface area contributed by atoms with E-state index in [-0.39, 0.29) is 18.5 Å². The Morgan fingerprint density at radius 1 is 1.08 bits per heavy atom. The predicted molar refractivity (Wildman–Crippen MR) is 95.1 cm³/mol. The summed E-state index contributed by atoms with van der Waals surface area (Å²) in [7, 11) is 0. The van der Waals surface area contributed by atoms with Crippen LogP contribution in [0.25, 0.3) is 11.4 Å². The van der Waals surface area contributed by atoms with Crippen molar-refractivity contribution in [2.75, 3.05) is 17.2 Å². The van der Waals surface area contributed by atoms with E-state index in [0.717, 1.165) is 0 Å². The third-order valence-electron chi connectivity index (χ3n) is 3.42. The van der Waals surface area contributed by atoms with Gasteiger partial charge >= 0.3 is 0 Å². The number of nitrogens with one attached hydrogen (secondary N) is 2. The third-order valence-corrected chi connectivity index (χ3v) is 3.42. The van der Waals surface area contributed by atoms with E-state index >= 15 is 0 Å². The maximum atomic E-state index is 13.1. The first-order valence-electron chi connectivity index (χ1n) is 7.84. The Bertz CT molecular complexity index is 827. The van der Waals surface area contributed by atoms with Crippen molar-refractivity contribution in [1.82, 2.24) is 15.0 Å². The summed E-state index contributed by atoms with van der Waals surface area (Å²) < 4.78 is 13.1. The molecule has 2 aromatic heterocycles. The highest BCUT2D eigenvalue weighted by atomic mass is 19.1. The Hall–Kier alpha value is -3.06. The summed E-state index contributed by atoms with van der Waals surface area (Å²) in [6.45, 7) is 1.78.